The van der Waals surface area contributed by atoms with Crippen LogP contribution in [0.25, 0.3) is 0 Å². The minimum absolute atomic E-state index is 0.0645. The minimum Gasteiger partial charge on any atom is -0.480 e. The summed E-state index contributed by atoms with van der Waals surface area (Å²) < 4.78 is 0. The molecule has 1 aliphatic rings. The van der Waals surface area contributed by atoms with Gasteiger partial charge in [0.1, 0.15) is 6.04 Å². The molecule has 1 fully saturated rings. The Hall–Kier alpha value is -1.59. The Bertz CT molecular complexity index is 280. The van der Waals surface area contributed by atoms with Crippen molar-refractivity contribution < 1.29 is 19.5 Å². The van der Waals surface area contributed by atoms with Crippen molar-refractivity contribution in [2.24, 2.45) is 5.92 Å². The van der Waals surface area contributed by atoms with Crippen LogP contribution in [0.4, 0.5) is 0 Å². The van der Waals surface area contributed by atoms with Crippen LogP contribution in [0.1, 0.15) is 19.8 Å². The fourth-order valence-electron chi connectivity index (χ4n) is 1.35. The first-order chi connectivity index (χ1) is 7.00. The van der Waals surface area contributed by atoms with Crippen molar-refractivity contribution in [2.45, 2.75) is 25.8 Å². The summed E-state index contributed by atoms with van der Waals surface area (Å²) in [6.07, 6.45) is 0.795. The standard InChI is InChI=1S/C9H14N2O4/c1-5(9(14)15)11-8(13)6-2-3-7(12)10-4-6/h5-6H,2-4H2,1H3,(H,10,12)(H,11,13)(H,14,15). The van der Waals surface area contributed by atoms with Crippen LogP contribution in [0.3, 0.4) is 0 Å². The Kier molecular flexibility index (Phi) is 3.65. The highest BCUT2D eigenvalue weighted by Crippen LogP contribution is 2.10. The van der Waals surface area contributed by atoms with Gasteiger partial charge in [-0.3, -0.25) is 14.4 Å². The molecule has 2 atom stereocenters. The lowest BCUT2D eigenvalue weighted by Crippen LogP contribution is -2.47. The van der Waals surface area contributed by atoms with Gasteiger partial charge in [-0.2, -0.15) is 0 Å². The second kappa shape index (κ2) is 4.77. The van der Waals surface area contributed by atoms with Gasteiger partial charge in [0, 0.05) is 13.0 Å². The molecule has 2 unspecified atom stereocenters. The number of hydrogen-bond acceptors (Lipinski definition) is 3. The molecule has 6 heteroatoms. The molecular formula is C9H14N2O4. The lowest BCUT2D eigenvalue weighted by atomic mass is 9.98. The third-order valence-corrected chi connectivity index (χ3v) is 2.37. The average molecular weight is 214 g/mol. The van der Waals surface area contributed by atoms with Gasteiger partial charge in [-0.25, -0.2) is 0 Å². The number of carbonyl (C=O) groups excluding carboxylic acids is 2. The largest absolute Gasteiger partial charge is 0.480 e. The Morgan fingerprint density at radius 2 is 2.27 bits per heavy atom. The molecule has 2 amide bonds. The van der Waals surface area contributed by atoms with E-state index in [1.54, 1.807) is 0 Å². The summed E-state index contributed by atoms with van der Waals surface area (Å²) in [4.78, 5) is 32.8. The first-order valence-corrected chi connectivity index (χ1v) is 4.80. The second-order valence-electron chi connectivity index (χ2n) is 3.61. The van der Waals surface area contributed by atoms with Gasteiger partial charge < -0.3 is 15.7 Å². The number of nitrogens with one attached hydrogen (secondary N) is 2. The summed E-state index contributed by atoms with van der Waals surface area (Å²) in [6.45, 7) is 1.69. The molecule has 0 aliphatic carbocycles. The number of aliphatic carboxylic acids is 1. The van der Waals surface area contributed by atoms with Crippen LogP contribution in [0.5, 0.6) is 0 Å². The Morgan fingerprint density at radius 3 is 2.73 bits per heavy atom. The van der Waals surface area contributed by atoms with Crippen LogP contribution in [-0.2, 0) is 14.4 Å². The topological polar surface area (TPSA) is 95.5 Å². The maximum absolute atomic E-state index is 11.5. The molecule has 0 spiro atoms. The van der Waals surface area contributed by atoms with E-state index in [4.69, 9.17) is 5.11 Å². The van der Waals surface area contributed by atoms with Crippen molar-refractivity contribution in [3.8, 4) is 0 Å². The van der Waals surface area contributed by atoms with Gasteiger partial charge >= 0.3 is 5.97 Å². The molecule has 0 aromatic rings. The summed E-state index contributed by atoms with van der Waals surface area (Å²) >= 11 is 0. The molecule has 1 aliphatic heterocycles. The monoisotopic (exact) mass is 214 g/mol. The number of amides is 2. The number of carboxylic acids is 1. The summed E-state index contributed by atoms with van der Waals surface area (Å²) in [5.41, 5.74) is 0. The predicted octanol–water partition coefficient (Wildman–Crippen LogP) is -0.898. The van der Waals surface area contributed by atoms with E-state index in [-0.39, 0.29) is 24.3 Å². The van der Waals surface area contributed by atoms with Gasteiger partial charge in [-0.15, -0.1) is 0 Å². The van der Waals surface area contributed by atoms with E-state index in [0.717, 1.165) is 0 Å². The maximum atomic E-state index is 11.5. The van der Waals surface area contributed by atoms with Crippen LogP contribution in [0.2, 0.25) is 0 Å². The van der Waals surface area contributed by atoms with Gasteiger partial charge in [0.15, 0.2) is 0 Å². The number of carboxylic acid groups (broad SMARTS) is 1. The van der Waals surface area contributed by atoms with Gasteiger partial charge in [0.2, 0.25) is 11.8 Å². The predicted molar refractivity (Wildman–Crippen MR) is 51.0 cm³/mol. The van der Waals surface area contributed by atoms with E-state index < -0.39 is 12.0 Å². The molecule has 0 radical (unpaired) electrons. The highest BCUT2D eigenvalue weighted by Gasteiger charge is 2.26. The van der Waals surface area contributed by atoms with Gasteiger partial charge in [-0.1, -0.05) is 0 Å². The van der Waals surface area contributed by atoms with Crippen molar-refractivity contribution in [3.63, 3.8) is 0 Å². The lowest BCUT2D eigenvalue weighted by molar-refractivity contribution is -0.142. The third-order valence-electron chi connectivity index (χ3n) is 2.37. The average Bonchev–Trinajstić information content (AvgIpc) is 2.18. The first kappa shape index (κ1) is 11.5. The zero-order chi connectivity index (χ0) is 11.4. The molecule has 1 saturated heterocycles. The zero-order valence-electron chi connectivity index (χ0n) is 8.45. The Labute approximate surface area is 87.0 Å². The van der Waals surface area contributed by atoms with E-state index in [1.807, 2.05) is 0 Å². The highest BCUT2D eigenvalue weighted by atomic mass is 16.4. The fraction of sp³-hybridized carbons (Fsp3) is 0.667. The van der Waals surface area contributed by atoms with Crippen molar-refractivity contribution >= 4 is 17.8 Å². The van der Waals surface area contributed by atoms with Crippen LogP contribution < -0.4 is 10.6 Å². The molecule has 15 heavy (non-hydrogen) atoms. The van der Waals surface area contributed by atoms with Crippen molar-refractivity contribution in [1.82, 2.24) is 10.6 Å². The molecule has 1 heterocycles. The molecule has 0 saturated carbocycles. The summed E-state index contributed by atoms with van der Waals surface area (Å²) in [7, 11) is 0. The lowest BCUT2D eigenvalue weighted by Gasteiger charge is -2.22. The fourth-order valence-corrected chi connectivity index (χ4v) is 1.35. The molecule has 0 bridgehead atoms. The number of piperidine rings is 1. The summed E-state index contributed by atoms with van der Waals surface area (Å²) in [5, 5.41) is 13.5. The van der Waals surface area contributed by atoms with Crippen molar-refractivity contribution in [2.75, 3.05) is 6.54 Å². The normalized spacial score (nSPS) is 22.7. The van der Waals surface area contributed by atoms with Crippen molar-refractivity contribution in [3.05, 3.63) is 0 Å². The Morgan fingerprint density at radius 1 is 1.60 bits per heavy atom. The molecule has 0 aromatic heterocycles. The SMILES string of the molecule is CC(NC(=O)C1CCC(=O)NC1)C(=O)O. The molecular weight excluding hydrogens is 200 g/mol. The van der Waals surface area contributed by atoms with E-state index in [2.05, 4.69) is 10.6 Å². The second-order valence-corrected chi connectivity index (χ2v) is 3.61. The molecule has 0 aromatic carbocycles. The number of carbonyl (C=O) groups is 3. The van der Waals surface area contributed by atoms with Crippen molar-refractivity contribution in [1.29, 1.82) is 0 Å². The van der Waals surface area contributed by atoms with Crippen LogP contribution in [-0.4, -0.2) is 35.5 Å². The van der Waals surface area contributed by atoms with E-state index in [1.165, 1.54) is 6.92 Å². The molecule has 1 rings (SSSR count). The first-order valence-electron chi connectivity index (χ1n) is 4.80. The quantitative estimate of drug-likeness (QED) is 0.567. The molecule has 6 nitrogen and oxygen atoms in total. The molecule has 3 N–H and O–H groups in total. The van der Waals surface area contributed by atoms with Crippen LogP contribution in [0.15, 0.2) is 0 Å². The maximum Gasteiger partial charge on any atom is 0.325 e. The summed E-state index contributed by atoms with van der Waals surface area (Å²) in [6, 6.07) is -0.893. The Balaban J connectivity index is 2.40. The van der Waals surface area contributed by atoms with E-state index >= 15 is 0 Å². The van der Waals surface area contributed by atoms with Gasteiger partial charge in [0.25, 0.3) is 0 Å². The van der Waals surface area contributed by atoms with Gasteiger partial charge in [-0.05, 0) is 13.3 Å². The zero-order valence-corrected chi connectivity index (χ0v) is 8.45. The van der Waals surface area contributed by atoms with Crippen LogP contribution in [0, 0.1) is 5.92 Å². The number of rotatable bonds is 3. The number of hydrogen-bond donors (Lipinski definition) is 3. The van der Waals surface area contributed by atoms with E-state index in [9.17, 15) is 14.4 Å². The highest BCUT2D eigenvalue weighted by molar-refractivity contribution is 5.87. The minimum atomic E-state index is -1.07. The van der Waals surface area contributed by atoms with E-state index in [0.29, 0.717) is 12.8 Å². The summed E-state index contributed by atoms with van der Waals surface area (Å²) in [5.74, 6) is -1.76. The van der Waals surface area contributed by atoms with Gasteiger partial charge in [0.05, 0.1) is 5.92 Å². The van der Waals surface area contributed by atoms with Crippen LogP contribution >= 0.6 is 0 Å². The molecule has 84 valence electrons. The third kappa shape index (κ3) is 3.23. The smallest absolute Gasteiger partial charge is 0.325 e.